The summed E-state index contributed by atoms with van der Waals surface area (Å²) < 4.78 is 5.80. The summed E-state index contributed by atoms with van der Waals surface area (Å²) in [6.45, 7) is 5.91. The molecular weight excluding hydrogens is 288 g/mol. The van der Waals surface area contributed by atoms with Crippen molar-refractivity contribution < 1.29 is 9.53 Å². The highest BCUT2D eigenvalue weighted by Gasteiger charge is 2.16. The average molecular weight is 318 g/mol. The standard InChI is InChI=1S/C19H30N2O2/c1-15-11-16(2)13-18(12-15)23-10-9-21(3)14-19(22)20-17-7-5-4-6-8-17/h11-13,17H,4-10,14H2,1-3H3,(H,20,22). The monoisotopic (exact) mass is 318 g/mol. The molecule has 0 unspecified atom stereocenters. The number of hydrogen-bond acceptors (Lipinski definition) is 3. The van der Waals surface area contributed by atoms with E-state index in [1.54, 1.807) is 0 Å². The third-order valence-corrected chi connectivity index (χ3v) is 4.32. The Morgan fingerprint density at radius 2 is 1.83 bits per heavy atom. The first kappa shape index (κ1) is 17.8. The van der Waals surface area contributed by atoms with Crippen molar-refractivity contribution >= 4 is 5.91 Å². The van der Waals surface area contributed by atoms with Crippen LogP contribution >= 0.6 is 0 Å². The van der Waals surface area contributed by atoms with Crippen LogP contribution in [0.15, 0.2) is 18.2 Å². The van der Waals surface area contributed by atoms with Crippen LogP contribution in [-0.4, -0.2) is 43.6 Å². The smallest absolute Gasteiger partial charge is 0.234 e. The van der Waals surface area contributed by atoms with Crippen LogP contribution < -0.4 is 10.1 Å². The van der Waals surface area contributed by atoms with E-state index in [1.165, 1.54) is 30.4 Å². The Balaban J connectivity index is 1.65. The molecule has 4 nitrogen and oxygen atoms in total. The third kappa shape index (κ3) is 6.61. The van der Waals surface area contributed by atoms with Gasteiger partial charge in [0.2, 0.25) is 5.91 Å². The highest BCUT2D eigenvalue weighted by molar-refractivity contribution is 5.78. The second-order valence-electron chi connectivity index (χ2n) is 6.81. The van der Waals surface area contributed by atoms with Crippen LogP contribution in [0.25, 0.3) is 0 Å². The average Bonchev–Trinajstić information content (AvgIpc) is 2.47. The lowest BCUT2D eigenvalue weighted by atomic mass is 9.95. The van der Waals surface area contributed by atoms with E-state index in [0.29, 0.717) is 19.2 Å². The number of carbonyl (C=O) groups is 1. The molecule has 1 N–H and O–H groups in total. The maximum Gasteiger partial charge on any atom is 0.234 e. The fraction of sp³-hybridized carbons (Fsp3) is 0.632. The largest absolute Gasteiger partial charge is 0.492 e. The molecule has 0 radical (unpaired) electrons. The molecule has 1 aromatic carbocycles. The molecular formula is C19H30N2O2. The second-order valence-corrected chi connectivity index (χ2v) is 6.81. The zero-order chi connectivity index (χ0) is 16.7. The predicted molar refractivity (Wildman–Crippen MR) is 93.9 cm³/mol. The molecule has 1 amide bonds. The number of nitrogens with zero attached hydrogens (tertiary/aromatic N) is 1. The molecule has 1 fully saturated rings. The second kappa shape index (κ2) is 8.92. The van der Waals surface area contributed by atoms with Gasteiger partial charge in [0.1, 0.15) is 12.4 Å². The first-order valence-electron chi connectivity index (χ1n) is 8.72. The fourth-order valence-electron chi connectivity index (χ4n) is 3.18. The summed E-state index contributed by atoms with van der Waals surface area (Å²) in [5, 5.41) is 3.15. The summed E-state index contributed by atoms with van der Waals surface area (Å²) in [4.78, 5) is 14.1. The lowest BCUT2D eigenvalue weighted by Crippen LogP contribution is -2.42. The molecule has 0 aliphatic heterocycles. The summed E-state index contributed by atoms with van der Waals surface area (Å²) in [5.41, 5.74) is 2.42. The van der Waals surface area contributed by atoms with Crippen LogP contribution in [-0.2, 0) is 4.79 Å². The van der Waals surface area contributed by atoms with E-state index in [2.05, 4.69) is 25.2 Å². The van der Waals surface area contributed by atoms with Crippen molar-refractivity contribution in [1.82, 2.24) is 10.2 Å². The molecule has 2 rings (SSSR count). The highest BCUT2D eigenvalue weighted by atomic mass is 16.5. The van der Waals surface area contributed by atoms with Crippen molar-refractivity contribution in [2.75, 3.05) is 26.7 Å². The van der Waals surface area contributed by atoms with Gasteiger partial charge in [0.25, 0.3) is 0 Å². The van der Waals surface area contributed by atoms with Crippen molar-refractivity contribution in [3.63, 3.8) is 0 Å². The lowest BCUT2D eigenvalue weighted by Gasteiger charge is -2.24. The maximum absolute atomic E-state index is 12.1. The Kier molecular flexibility index (Phi) is 6.90. The Morgan fingerprint density at radius 1 is 1.17 bits per heavy atom. The highest BCUT2D eigenvalue weighted by Crippen LogP contribution is 2.17. The molecule has 0 spiro atoms. The van der Waals surface area contributed by atoms with E-state index in [4.69, 9.17) is 4.74 Å². The number of nitrogens with one attached hydrogen (secondary N) is 1. The number of rotatable bonds is 7. The molecule has 1 aromatic rings. The van der Waals surface area contributed by atoms with Gasteiger partial charge in [-0.15, -0.1) is 0 Å². The predicted octanol–water partition coefficient (Wildman–Crippen LogP) is 3.06. The van der Waals surface area contributed by atoms with Crippen molar-refractivity contribution in [2.45, 2.75) is 52.0 Å². The minimum absolute atomic E-state index is 0.130. The molecule has 1 saturated carbocycles. The summed E-state index contributed by atoms with van der Waals surface area (Å²) >= 11 is 0. The van der Waals surface area contributed by atoms with Crippen LogP contribution in [0.3, 0.4) is 0 Å². The van der Waals surface area contributed by atoms with E-state index in [1.807, 2.05) is 24.1 Å². The number of ether oxygens (including phenoxy) is 1. The molecule has 1 aliphatic carbocycles. The van der Waals surface area contributed by atoms with Crippen LogP contribution in [0.1, 0.15) is 43.2 Å². The number of benzene rings is 1. The molecule has 0 atom stereocenters. The number of aryl methyl sites for hydroxylation is 2. The topological polar surface area (TPSA) is 41.6 Å². The molecule has 4 heteroatoms. The van der Waals surface area contributed by atoms with Gasteiger partial charge >= 0.3 is 0 Å². The fourth-order valence-corrected chi connectivity index (χ4v) is 3.18. The van der Waals surface area contributed by atoms with Gasteiger partial charge in [0, 0.05) is 12.6 Å². The van der Waals surface area contributed by atoms with E-state index in [9.17, 15) is 4.79 Å². The molecule has 0 bridgehead atoms. The Bertz CT molecular complexity index is 490. The van der Waals surface area contributed by atoms with E-state index in [-0.39, 0.29) is 5.91 Å². The van der Waals surface area contributed by atoms with Gasteiger partial charge in [-0.1, -0.05) is 25.3 Å². The maximum atomic E-state index is 12.1. The van der Waals surface area contributed by atoms with Crippen LogP contribution in [0, 0.1) is 13.8 Å². The Morgan fingerprint density at radius 3 is 2.48 bits per heavy atom. The number of carbonyl (C=O) groups excluding carboxylic acids is 1. The zero-order valence-electron chi connectivity index (χ0n) is 14.7. The summed E-state index contributed by atoms with van der Waals surface area (Å²) in [6, 6.07) is 6.61. The van der Waals surface area contributed by atoms with Crippen molar-refractivity contribution in [3.05, 3.63) is 29.3 Å². The van der Waals surface area contributed by atoms with E-state index in [0.717, 1.165) is 25.1 Å². The van der Waals surface area contributed by atoms with Gasteiger partial charge in [-0.3, -0.25) is 9.69 Å². The first-order chi connectivity index (χ1) is 11.0. The molecule has 1 aliphatic rings. The number of amides is 1. The van der Waals surface area contributed by atoms with Crippen LogP contribution in [0.2, 0.25) is 0 Å². The van der Waals surface area contributed by atoms with Gasteiger partial charge in [0.05, 0.1) is 6.54 Å². The number of likely N-dealkylation sites (N-methyl/N-ethyl adjacent to an activating group) is 1. The first-order valence-corrected chi connectivity index (χ1v) is 8.72. The summed E-state index contributed by atoms with van der Waals surface area (Å²) in [5.74, 6) is 1.04. The van der Waals surface area contributed by atoms with Gasteiger partial charge < -0.3 is 10.1 Å². The molecule has 23 heavy (non-hydrogen) atoms. The SMILES string of the molecule is Cc1cc(C)cc(OCCN(C)CC(=O)NC2CCCCC2)c1. The Labute approximate surface area is 140 Å². The lowest BCUT2D eigenvalue weighted by molar-refractivity contribution is -0.122. The van der Waals surface area contributed by atoms with E-state index < -0.39 is 0 Å². The normalized spacial score (nSPS) is 15.7. The quantitative estimate of drug-likeness (QED) is 0.840. The van der Waals surface area contributed by atoms with Gasteiger partial charge in [-0.2, -0.15) is 0 Å². The van der Waals surface area contributed by atoms with Gasteiger partial charge in [-0.25, -0.2) is 0 Å². The number of hydrogen-bond donors (Lipinski definition) is 1. The molecule has 128 valence electrons. The molecule has 0 aromatic heterocycles. The molecule has 0 heterocycles. The zero-order valence-corrected chi connectivity index (χ0v) is 14.7. The van der Waals surface area contributed by atoms with Crippen molar-refractivity contribution in [3.8, 4) is 5.75 Å². The van der Waals surface area contributed by atoms with Gasteiger partial charge in [-0.05, 0) is 57.0 Å². The minimum atomic E-state index is 0.130. The van der Waals surface area contributed by atoms with Crippen LogP contribution in [0.5, 0.6) is 5.75 Å². The van der Waals surface area contributed by atoms with Crippen molar-refractivity contribution in [2.24, 2.45) is 0 Å². The van der Waals surface area contributed by atoms with Crippen LogP contribution in [0.4, 0.5) is 0 Å². The third-order valence-electron chi connectivity index (χ3n) is 4.32. The van der Waals surface area contributed by atoms with E-state index >= 15 is 0 Å². The summed E-state index contributed by atoms with van der Waals surface area (Å²) in [7, 11) is 1.96. The summed E-state index contributed by atoms with van der Waals surface area (Å²) in [6.07, 6.45) is 6.05. The van der Waals surface area contributed by atoms with Gasteiger partial charge in [0.15, 0.2) is 0 Å². The Hall–Kier alpha value is -1.55. The minimum Gasteiger partial charge on any atom is -0.492 e. The molecule has 0 saturated heterocycles. The van der Waals surface area contributed by atoms with Crippen molar-refractivity contribution in [1.29, 1.82) is 0 Å².